The fourth-order valence-electron chi connectivity index (χ4n) is 0.880. The van der Waals surface area contributed by atoms with Crippen molar-refractivity contribution in [2.75, 3.05) is 0 Å². The summed E-state index contributed by atoms with van der Waals surface area (Å²) in [7, 11) is 0. The summed E-state index contributed by atoms with van der Waals surface area (Å²) in [5, 5.41) is 9.13. The van der Waals surface area contributed by atoms with Gasteiger partial charge in [-0.3, -0.25) is 14.9 Å². The minimum atomic E-state index is -2.92. The van der Waals surface area contributed by atoms with E-state index in [-0.39, 0.29) is 0 Å². The van der Waals surface area contributed by atoms with Crippen molar-refractivity contribution in [2.24, 2.45) is 0 Å². The molecular weight excluding hydrogens is 234 g/mol. The number of nitro groups is 1. The van der Waals surface area contributed by atoms with E-state index >= 15 is 0 Å². The third kappa shape index (κ3) is 2.44. The van der Waals surface area contributed by atoms with Crippen LogP contribution >= 0.6 is 11.6 Å². The van der Waals surface area contributed by atoms with Gasteiger partial charge in [0.15, 0.2) is 0 Å². The Morgan fingerprint density at radius 3 is 2.53 bits per heavy atom. The number of rotatable bonds is 3. The summed E-state index contributed by atoms with van der Waals surface area (Å²) in [5.74, 6) is 0. The first-order valence-corrected chi connectivity index (χ1v) is 3.94. The zero-order valence-electron chi connectivity index (χ0n) is 6.99. The Kier molecular flexibility index (Phi) is 3.25. The van der Waals surface area contributed by atoms with E-state index in [0.29, 0.717) is 0 Å². The number of carbonyl (C=O) groups is 1. The van der Waals surface area contributed by atoms with Crippen LogP contribution in [0.2, 0.25) is 0 Å². The van der Waals surface area contributed by atoms with Crippen molar-refractivity contribution in [1.29, 1.82) is 0 Å². The standard InChI is InChI=1S/C7H3ClF2N2O3/c8-6(13)5-4(12(14)15)2-1-3(11-5)7(9)10/h1-2,7H. The zero-order valence-corrected chi connectivity index (χ0v) is 7.74. The van der Waals surface area contributed by atoms with E-state index in [4.69, 9.17) is 11.6 Å². The molecule has 0 aliphatic carbocycles. The molecule has 0 aliphatic rings. The van der Waals surface area contributed by atoms with Crippen molar-refractivity contribution in [3.8, 4) is 0 Å². The Morgan fingerprint density at radius 2 is 2.13 bits per heavy atom. The molecule has 0 saturated heterocycles. The van der Waals surface area contributed by atoms with E-state index in [1.54, 1.807) is 0 Å². The molecule has 0 aliphatic heterocycles. The Balaban J connectivity index is 3.33. The van der Waals surface area contributed by atoms with Gasteiger partial charge in [0.25, 0.3) is 17.4 Å². The largest absolute Gasteiger partial charge is 0.299 e. The topological polar surface area (TPSA) is 73.1 Å². The fraction of sp³-hybridized carbons (Fsp3) is 0.143. The van der Waals surface area contributed by atoms with Crippen LogP contribution in [-0.4, -0.2) is 15.1 Å². The highest BCUT2D eigenvalue weighted by Gasteiger charge is 2.23. The SMILES string of the molecule is O=C(Cl)c1nc(C(F)F)ccc1[N+](=O)[O-]. The van der Waals surface area contributed by atoms with Crippen LogP contribution < -0.4 is 0 Å². The summed E-state index contributed by atoms with van der Waals surface area (Å²) in [5.41, 5.74) is -2.21. The fourth-order valence-corrected chi connectivity index (χ4v) is 1.02. The van der Waals surface area contributed by atoms with Crippen molar-refractivity contribution in [1.82, 2.24) is 4.98 Å². The van der Waals surface area contributed by atoms with Gasteiger partial charge in [0.1, 0.15) is 5.69 Å². The molecule has 80 valence electrons. The summed E-state index contributed by atoms with van der Waals surface area (Å²) >= 11 is 4.98. The lowest BCUT2D eigenvalue weighted by atomic mass is 10.2. The highest BCUT2D eigenvalue weighted by molar-refractivity contribution is 6.67. The predicted octanol–water partition coefficient (Wildman–Crippen LogP) is 2.31. The number of nitrogens with zero attached hydrogens (tertiary/aromatic N) is 2. The third-order valence-electron chi connectivity index (χ3n) is 1.50. The van der Waals surface area contributed by atoms with Crippen LogP contribution in [0.5, 0.6) is 0 Å². The van der Waals surface area contributed by atoms with Crippen molar-refractivity contribution in [3.05, 3.63) is 33.6 Å². The molecule has 0 spiro atoms. The molecule has 1 heterocycles. The van der Waals surface area contributed by atoms with Crippen LogP contribution in [0.3, 0.4) is 0 Å². The molecule has 5 nitrogen and oxygen atoms in total. The summed E-state index contributed by atoms with van der Waals surface area (Å²) in [4.78, 5) is 23.3. The van der Waals surface area contributed by atoms with Gasteiger partial charge in [0.05, 0.1) is 4.92 Å². The number of hydrogen-bond donors (Lipinski definition) is 0. The average molecular weight is 237 g/mol. The molecule has 0 radical (unpaired) electrons. The molecule has 0 N–H and O–H groups in total. The average Bonchev–Trinajstić information content (AvgIpc) is 2.16. The smallest absolute Gasteiger partial charge is 0.274 e. The van der Waals surface area contributed by atoms with E-state index < -0.39 is 33.7 Å². The van der Waals surface area contributed by atoms with E-state index in [9.17, 15) is 23.7 Å². The Morgan fingerprint density at radius 1 is 1.53 bits per heavy atom. The highest BCUT2D eigenvalue weighted by Crippen LogP contribution is 2.23. The minimum absolute atomic E-state index is 0.695. The van der Waals surface area contributed by atoms with Crippen molar-refractivity contribution in [2.45, 2.75) is 6.43 Å². The molecule has 0 saturated carbocycles. The molecule has 8 heteroatoms. The van der Waals surface area contributed by atoms with Crippen LogP contribution in [0.25, 0.3) is 0 Å². The minimum Gasteiger partial charge on any atom is -0.274 e. The van der Waals surface area contributed by atoms with Gasteiger partial charge in [-0.1, -0.05) is 0 Å². The van der Waals surface area contributed by atoms with E-state index in [0.717, 1.165) is 12.1 Å². The molecule has 15 heavy (non-hydrogen) atoms. The van der Waals surface area contributed by atoms with Crippen LogP contribution in [-0.2, 0) is 0 Å². The summed E-state index contributed by atoms with van der Waals surface area (Å²) in [6, 6.07) is 1.54. The quantitative estimate of drug-likeness (QED) is 0.459. The highest BCUT2D eigenvalue weighted by atomic mass is 35.5. The molecule has 1 aromatic rings. The maximum absolute atomic E-state index is 12.2. The van der Waals surface area contributed by atoms with Gasteiger partial charge in [-0.05, 0) is 17.7 Å². The Bertz CT molecular complexity index is 425. The number of aromatic nitrogens is 1. The predicted molar refractivity (Wildman–Crippen MR) is 46.0 cm³/mol. The summed E-state index contributed by atoms with van der Waals surface area (Å²) < 4.78 is 24.3. The Hall–Kier alpha value is -1.63. The third-order valence-corrected chi connectivity index (χ3v) is 1.68. The van der Waals surface area contributed by atoms with Gasteiger partial charge in [-0.25, -0.2) is 13.8 Å². The van der Waals surface area contributed by atoms with Gasteiger partial charge in [-0.2, -0.15) is 0 Å². The second-order valence-corrected chi connectivity index (χ2v) is 2.78. The maximum atomic E-state index is 12.2. The molecule has 1 rings (SSSR count). The molecular formula is C7H3ClF2N2O3. The van der Waals surface area contributed by atoms with Gasteiger partial charge in [-0.15, -0.1) is 0 Å². The number of hydrogen-bond acceptors (Lipinski definition) is 4. The molecule has 1 aromatic heterocycles. The first-order chi connectivity index (χ1) is 6.93. The monoisotopic (exact) mass is 236 g/mol. The first-order valence-electron chi connectivity index (χ1n) is 3.56. The van der Waals surface area contributed by atoms with Crippen LogP contribution in [0.15, 0.2) is 12.1 Å². The van der Waals surface area contributed by atoms with E-state index in [1.165, 1.54) is 0 Å². The van der Waals surface area contributed by atoms with Gasteiger partial charge in [0, 0.05) is 6.07 Å². The number of pyridine rings is 1. The van der Waals surface area contributed by atoms with Crippen LogP contribution in [0, 0.1) is 10.1 Å². The molecule has 0 unspecified atom stereocenters. The molecule has 0 bridgehead atoms. The van der Waals surface area contributed by atoms with Gasteiger partial charge in [0.2, 0.25) is 5.69 Å². The lowest BCUT2D eigenvalue weighted by Gasteiger charge is -2.00. The van der Waals surface area contributed by atoms with Crippen LogP contribution in [0.1, 0.15) is 22.6 Å². The normalized spacial score (nSPS) is 10.4. The summed E-state index contributed by atoms with van der Waals surface area (Å²) in [6.45, 7) is 0. The Labute approximate surface area is 86.8 Å². The van der Waals surface area contributed by atoms with Crippen LogP contribution in [0.4, 0.5) is 14.5 Å². The number of halogens is 3. The van der Waals surface area contributed by atoms with Crippen molar-refractivity contribution in [3.63, 3.8) is 0 Å². The second-order valence-electron chi connectivity index (χ2n) is 2.44. The zero-order chi connectivity index (χ0) is 11.6. The maximum Gasteiger partial charge on any atom is 0.299 e. The summed E-state index contributed by atoms with van der Waals surface area (Å²) in [6.07, 6.45) is -2.92. The number of alkyl halides is 2. The van der Waals surface area contributed by atoms with Gasteiger partial charge < -0.3 is 0 Å². The van der Waals surface area contributed by atoms with E-state index in [2.05, 4.69) is 4.98 Å². The lowest BCUT2D eigenvalue weighted by Crippen LogP contribution is -2.04. The molecule has 0 amide bonds. The lowest BCUT2D eigenvalue weighted by molar-refractivity contribution is -0.385. The van der Waals surface area contributed by atoms with E-state index in [1.807, 2.05) is 0 Å². The molecule has 0 fully saturated rings. The first kappa shape index (κ1) is 11.4. The number of carbonyl (C=O) groups excluding carboxylic acids is 1. The van der Waals surface area contributed by atoms with Crippen molar-refractivity contribution < 1.29 is 18.5 Å². The molecule has 0 aromatic carbocycles. The second kappa shape index (κ2) is 4.26. The van der Waals surface area contributed by atoms with Crippen molar-refractivity contribution >= 4 is 22.5 Å². The van der Waals surface area contributed by atoms with Gasteiger partial charge >= 0.3 is 0 Å². The molecule has 0 atom stereocenters.